The molecule has 1 aromatic rings. The molecule has 0 aliphatic heterocycles. The molecule has 4 heteroatoms. The average molecular weight is 333 g/mol. The molecule has 0 bridgehead atoms. The molecule has 0 fully saturated rings. The summed E-state index contributed by atoms with van der Waals surface area (Å²) in [6, 6.07) is 3.46. The number of hydrogen-bond acceptors (Lipinski definition) is 3. The van der Waals surface area contributed by atoms with Gasteiger partial charge in [0.05, 0.1) is 5.56 Å². The number of ether oxygens (including phenoxy) is 1. The van der Waals surface area contributed by atoms with Gasteiger partial charge in [0.25, 0.3) is 0 Å². The minimum Gasteiger partial charge on any atom is -0.459 e. The molecule has 3 nitrogen and oxygen atoms in total. The molecule has 0 saturated carbocycles. The highest BCUT2D eigenvalue weighted by molar-refractivity contribution is 14.1. The predicted octanol–water partition coefficient (Wildman–Crippen LogP) is 3.23. The first-order valence-corrected chi connectivity index (χ1v) is 6.97. The second-order valence-corrected chi connectivity index (χ2v) is 4.61. The van der Waals surface area contributed by atoms with Crippen LogP contribution in [0.25, 0.3) is 0 Å². The number of rotatable bonds is 6. The maximum absolute atomic E-state index is 11.7. The summed E-state index contributed by atoms with van der Waals surface area (Å²) in [6.07, 6.45) is 6.09. The van der Waals surface area contributed by atoms with Gasteiger partial charge in [-0.15, -0.1) is 0 Å². The first-order valence-electron chi connectivity index (χ1n) is 5.45. The van der Waals surface area contributed by atoms with Crippen LogP contribution in [0.15, 0.2) is 24.5 Å². The van der Waals surface area contributed by atoms with Crippen LogP contribution in [0.3, 0.4) is 0 Å². The lowest BCUT2D eigenvalue weighted by atomic mass is 10.1. The minimum absolute atomic E-state index is 0.0367. The van der Waals surface area contributed by atoms with E-state index in [1.165, 1.54) is 6.20 Å². The summed E-state index contributed by atoms with van der Waals surface area (Å²) in [5.74, 6) is -0.267. The van der Waals surface area contributed by atoms with Crippen molar-refractivity contribution in [2.45, 2.75) is 32.3 Å². The molecule has 1 aromatic heterocycles. The molecule has 1 rings (SSSR count). The minimum atomic E-state index is -0.267. The summed E-state index contributed by atoms with van der Waals surface area (Å²) >= 11 is 2.30. The number of esters is 1. The van der Waals surface area contributed by atoms with E-state index in [0.29, 0.717) is 5.56 Å². The Bertz CT molecular complexity index is 310. The molecule has 0 aliphatic carbocycles. The number of alkyl halides is 1. The van der Waals surface area contributed by atoms with E-state index in [1.54, 1.807) is 18.3 Å². The van der Waals surface area contributed by atoms with Crippen LogP contribution >= 0.6 is 22.6 Å². The quantitative estimate of drug-likeness (QED) is 0.456. The Morgan fingerprint density at radius 1 is 1.56 bits per heavy atom. The second-order valence-electron chi connectivity index (χ2n) is 3.54. The van der Waals surface area contributed by atoms with Crippen LogP contribution in [0, 0.1) is 0 Å². The smallest absolute Gasteiger partial charge is 0.339 e. The van der Waals surface area contributed by atoms with Crippen LogP contribution in [0.5, 0.6) is 0 Å². The van der Waals surface area contributed by atoms with Gasteiger partial charge in [-0.2, -0.15) is 0 Å². The number of hydrogen-bond donors (Lipinski definition) is 0. The third-order valence-corrected chi connectivity index (χ3v) is 2.84. The van der Waals surface area contributed by atoms with Gasteiger partial charge in [0.15, 0.2) is 0 Å². The third kappa shape index (κ3) is 4.47. The molecule has 88 valence electrons. The van der Waals surface area contributed by atoms with Crippen LogP contribution in [-0.4, -0.2) is 21.5 Å². The Hall–Kier alpha value is -0.650. The Morgan fingerprint density at radius 2 is 2.38 bits per heavy atom. The van der Waals surface area contributed by atoms with Crippen molar-refractivity contribution in [1.29, 1.82) is 0 Å². The fourth-order valence-electron chi connectivity index (χ4n) is 1.41. The van der Waals surface area contributed by atoms with E-state index in [0.717, 1.165) is 23.7 Å². The normalized spacial score (nSPS) is 12.1. The van der Waals surface area contributed by atoms with Crippen molar-refractivity contribution in [3.05, 3.63) is 30.1 Å². The third-order valence-electron chi connectivity index (χ3n) is 2.21. The van der Waals surface area contributed by atoms with E-state index in [2.05, 4.69) is 34.5 Å². The average Bonchev–Trinajstić information content (AvgIpc) is 2.31. The van der Waals surface area contributed by atoms with E-state index in [-0.39, 0.29) is 12.1 Å². The zero-order chi connectivity index (χ0) is 11.8. The first-order chi connectivity index (χ1) is 7.77. The van der Waals surface area contributed by atoms with Gasteiger partial charge in [0.1, 0.15) is 6.10 Å². The monoisotopic (exact) mass is 333 g/mol. The molecule has 1 unspecified atom stereocenters. The number of aromatic nitrogens is 1. The van der Waals surface area contributed by atoms with Gasteiger partial charge < -0.3 is 4.74 Å². The molecular formula is C12H16INO2. The van der Waals surface area contributed by atoms with Crippen molar-refractivity contribution < 1.29 is 9.53 Å². The first kappa shape index (κ1) is 13.4. The Kier molecular flexibility index (Phi) is 6.37. The largest absolute Gasteiger partial charge is 0.459 e. The van der Waals surface area contributed by atoms with Gasteiger partial charge in [-0.3, -0.25) is 4.98 Å². The zero-order valence-corrected chi connectivity index (χ0v) is 11.5. The zero-order valence-electron chi connectivity index (χ0n) is 9.36. The van der Waals surface area contributed by atoms with Crippen molar-refractivity contribution in [2.24, 2.45) is 0 Å². The summed E-state index contributed by atoms with van der Waals surface area (Å²) in [6.45, 7) is 2.10. The van der Waals surface area contributed by atoms with Crippen LogP contribution in [0.4, 0.5) is 0 Å². The summed E-state index contributed by atoms with van der Waals surface area (Å²) in [5.41, 5.74) is 0.525. The lowest BCUT2D eigenvalue weighted by Crippen LogP contribution is -2.18. The van der Waals surface area contributed by atoms with E-state index in [9.17, 15) is 4.79 Å². The molecular weight excluding hydrogens is 317 g/mol. The second kappa shape index (κ2) is 7.60. The molecule has 0 radical (unpaired) electrons. The van der Waals surface area contributed by atoms with E-state index in [1.807, 2.05) is 0 Å². The van der Waals surface area contributed by atoms with Gasteiger partial charge in [-0.1, -0.05) is 35.9 Å². The van der Waals surface area contributed by atoms with Gasteiger partial charge in [-0.05, 0) is 25.0 Å². The topological polar surface area (TPSA) is 39.2 Å². The number of nitrogens with zero attached hydrogens (tertiary/aromatic N) is 1. The van der Waals surface area contributed by atoms with E-state index in [4.69, 9.17) is 4.74 Å². The summed E-state index contributed by atoms with van der Waals surface area (Å²) in [5, 5.41) is 0. The highest BCUT2D eigenvalue weighted by Crippen LogP contribution is 2.11. The highest BCUT2D eigenvalue weighted by atomic mass is 127. The van der Waals surface area contributed by atoms with Crippen LogP contribution in [0.2, 0.25) is 0 Å². The Labute approximate surface area is 110 Å². The molecule has 0 N–H and O–H groups in total. The van der Waals surface area contributed by atoms with Gasteiger partial charge in [0.2, 0.25) is 0 Å². The Morgan fingerprint density at radius 3 is 2.94 bits per heavy atom. The fourth-order valence-corrected chi connectivity index (χ4v) is 2.10. The van der Waals surface area contributed by atoms with Crippen LogP contribution in [0.1, 0.15) is 36.5 Å². The van der Waals surface area contributed by atoms with Crippen molar-refractivity contribution >= 4 is 28.6 Å². The van der Waals surface area contributed by atoms with Crippen molar-refractivity contribution in [3.63, 3.8) is 0 Å². The standard InChI is InChI=1S/C12H16INO2/c1-2-4-11(6-7-13)16-12(15)10-5-3-8-14-9-10/h3,5,8-9,11H,2,4,6-7H2,1H3. The number of pyridine rings is 1. The lowest BCUT2D eigenvalue weighted by Gasteiger charge is -2.15. The summed E-state index contributed by atoms with van der Waals surface area (Å²) in [4.78, 5) is 15.6. The lowest BCUT2D eigenvalue weighted by molar-refractivity contribution is 0.0275. The van der Waals surface area contributed by atoms with Crippen molar-refractivity contribution in [2.75, 3.05) is 4.43 Å². The van der Waals surface area contributed by atoms with E-state index < -0.39 is 0 Å². The molecule has 0 aromatic carbocycles. The predicted molar refractivity (Wildman–Crippen MR) is 71.9 cm³/mol. The number of carbonyl (C=O) groups excluding carboxylic acids is 1. The molecule has 0 saturated heterocycles. The van der Waals surface area contributed by atoms with Crippen molar-refractivity contribution in [1.82, 2.24) is 4.98 Å². The number of halogens is 1. The van der Waals surface area contributed by atoms with E-state index >= 15 is 0 Å². The highest BCUT2D eigenvalue weighted by Gasteiger charge is 2.14. The van der Waals surface area contributed by atoms with Gasteiger partial charge in [-0.25, -0.2) is 4.79 Å². The maximum Gasteiger partial charge on any atom is 0.339 e. The van der Waals surface area contributed by atoms with Gasteiger partial charge in [0, 0.05) is 16.8 Å². The Balaban J connectivity index is 2.54. The van der Waals surface area contributed by atoms with Crippen molar-refractivity contribution in [3.8, 4) is 0 Å². The van der Waals surface area contributed by atoms with Crippen LogP contribution in [-0.2, 0) is 4.74 Å². The molecule has 0 spiro atoms. The molecule has 1 atom stereocenters. The van der Waals surface area contributed by atoms with Gasteiger partial charge >= 0.3 is 5.97 Å². The van der Waals surface area contributed by atoms with Crippen LogP contribution < -0.4 is 0 Å². The molecule has 16 heavy (non-hydrogen) atoms. The maximum atomic E-state index is 11.7. The number of carbonyl (C=O) groups is 1. The summed E-state index contributed by atoms with van der Waals surface area (Å²) in [7, 11) is 0. The molecule has 0 amide bonds. The molecule has 0 aliphatic rings. The SMILES string of the molecule is CCCC(CCI)OC(=O)c1cccnc1. The fraction of sp³-hybridized carbons (Fsp3) is 0.500. The molecule has 1 heterocycles. The summed E-state index contributed by atoms with van der Waals surface area (Å²) < 4.78 is 6.44.